The van der Waals surface area contributed by atoms with Gasteiger partial charge in [-0.3, -0.25) is 0 Å². The van der Waals surface area contributed by atoms with Crippen LogP contribution < -0.4 is 5.84 Å². The molecule has 7 nitrogen and oxygen atoms in total. The number of H-pyrrole nitrogens is 1. The molecule has 1 aromatic carbocycles. The molecular weight excluding hydrogens is 298 g/mol. The van der Waals surface area contributed by atoms with E-state index in [-0.39, 0.29) is 0 Å². The van der Waals surface area contributed by atoms with Crippen LogP contribution in [0.4, 0.5) is 0 Å². The molecule has 0 unspecified atom stereocenters. The average Bonchev–Trinajstić information content (AvgIpc) is 2.95. The molecule has 9 heteroatoms. The van der Waals surface area contributed by atoms with Gasteiger partial charge in [-0.1, -0.05) is 22.9 Å². The monoisotopic (exact) mass is 307 g/mol. The van der Waals surface area contributed by atoms with E-state index >= 15 is 0 Å². The van der Waals surface area contributed by atoms with Gasteiger partial charge in [0.15, 0.2) is 5.69 Å². The molecule has 0 saturated heterocycles. The maximum absolute atomic E-state index is 5.98. The standard InChI is InChI=1S/C11H10ClN7S/c1-6-9(10-15-16-11(20)18(10)13)14-17-19(6)8-4-2-3-7(12)5-8/h2-5H,13H2,1H3,(H,16,20). The van der Waals surface area contributed by atoms with Crippen LogP contribution in [0.5, 0.6) is 0 Å². The molecule has 20 heavy (non-hydrogen) atoms. The maximum atomic E-state index is 5.98. The zero-order chi connectivity index (χ0) is 14.3. The third-order valence-electron chi connectivity index (χ3n) is 2.86. The Labute approximate surface area is 124 Å². The third-order valence-corrected chi connectivity index (χ3v) is 3.39. The number of hydrogen-bond donors (Lipinski definition) is 2. The van der Waals surface area contributed by atoms with Crippen molar-refractivity contribution in [1.29, 1.82) is 0 Å². The van der Waals surface area contributed by atoms with Crippen LogP contribution in [0.3, 0.4) is 0 Å². The minimum atomic E-state index is 0.316. The molecule has 0 bridgehead atoms. The number of halogens is 1. The molecule has 2 aromatic heterocycles. The normalized spacial score (nSPS) is 10.9. The van der Waals surface area contributed by atoms with Crippen molar-refractivity contribution in [3.05, 3.63) is 39.8 Å². The fourth-order valence-corrected chi connectivity index (χ4v) is 2.18. The van der Waals surface area contributed by atoms with E-state index in [9.17, 15) is 0 Å². The zero-order valence-corrected chi connectivity index (χ0v) is 12.0. The molecule has 3 rings (SSSR count). The van der Waals surface area contributed by atoms with Gasteiger partial charge in [-0.2, -0.15) is 5.10 Å². The number of rotatable bonds is 2. The maximum Gasteiger partial charge on any atom is 0.214 e. The van der Waals surface area contributed by atoms with Crippen LogP contribution in [0, 0.1) is 11.7 Å². The van der Waals surface area contributed by atoms with E-state index in [1.54, 1.807) is 16.8 Å². The van der Waals surface area contributed by atoms with Crippen molar-refractivity contribution in [2.24, 2.45) is 0 Å². The van der Waals surface area contributed by atoms with Crippen LogP contribution in [0.25, 0.3) is 17.2 Å². The lowest BCUT2D eigenvalue weighted by Gasteiger charge is -2.03. The number of nitrogen functional groups attached to an aromatic ring is 1. The molecule has 0 aliphatic carbocycles. The fourth-order valence-electron chi connectivity index (χ4n) is 1.86. The summed E-state index contributed by atoms with van der Waals surface area (Å²) in [5.74, 6) is 6.23. The topological polar surface area (TPSA) is 90.3 Å². The lowest BCUT2D eigenvalue weighted by molar-refractivity contribution is 0.785. The van der Waals surface area contributed by atoms with Crippen LogP contribution >= 0.6 is 23.8 Å². The van der Waals surface area contributed by atoms with Crippen molar-refractivity contribution in [2.75, 3.05) is 5.84 Å². The Bertz CT molecular complexity index is 831. The molecule has 0 aliphatic rings. The first-order valence-corrected chi connectivity index (χ1v) is 6.47. The second-order valence-corrected chi connectivity index (χ2v) is 4.96. The van der Waals surface area contributed by atoms with E-state index < -0.39 is 0 Å². The largest absolute Gasteiger partial charge is 0.335 e. The number of nitrogens with zero attached hydrogens (tertiary/aromatic N) is 5. The highest BCUT2D eigenvalue weighted by Crippen LogP contribution is 2.21. The number of hydrogen-bond acceptors (Lipinski definition) is 5. The average molecular weight is 308 g/mol. The van der Waals surface area contributed by atoms with E-state index in [0.29, 0.717) is 21.3 Å². The number of aromatic amines is 1. The van der Waals surface area contributed by atoms with Gasteiger partial charge in [-0.05, 0) is 37.3 Å². The van der Waals surface area contributed by atoms with Crippen LogP contribution in [0.1, 0.15) is 5.69 Å². The summed E-state index contributed by atoms with van der Waals surface area (Å²) in [4.78, 5) is 0. The molecule has 0 saturated carbocycles. The van der Waals surface area contributed by atoms with Crippen molar-refractivity contribution in [1.82, 2.24) is 29.9 Å². The van der Waals surface area contributed by atoms with Crippen LogP contribution in [0.15, 0.2) is 24.3 Å². The molecule has 3 N–H and O–H groups in total. The van der Waals surface area contributed by atoms with Crippen molar-refractivity contribution < 1.29 is 0 Å². The summed E-state index contributed by atoms with van der Waals surface area (Å²) in [5, 5.41) is 15.5. The predicted octanol–water partition coefficient (Wildman–Crippen LogP) is 1.86. The van der Waals surface area contributed by atoms with E-state index in [1.807, 2.05) is 19.1 Å². The predicted molar refractivity (Wildman–Crippen MR) is 77.7 cm³/mol. The lowest BCUT2D eigenvalue weighted by atomic mass is 10.3. The minimum absolute atomic E-state index is 0.316. The Morgan fingerprint density at radius 3 is 2.85 bits per heavy atom. The smallest absolute Gasteiger partial charge is 0.214 e. The van der Waals surface area contributed by atoms with E-state index in [4.69, 9.17) is 29.7 Å². The summed E-state index contributed by atoms with van der Waals surface area (Å²) in [6.45, 7) is 1.87. The van der Waals surface area contributed by atoms with Crippen molar-refractivity contribution >= 4 is 23.8 Å². The van der Waals surface area contributed by atoms with Gasteiger partial charge in [0.05, 0.1) is 11.4 Å². The quantitative estimate of drug-likeness (QED) is 0.557. The summed E-state index contributed by atoms with van der Waals surface area (Å²) in [5.41, 5.74) is 2.15. The second-order valence-electron chi connectivity index (χ2n) is 4.14. The highest BCUT2D eigenvalue weighted by Gasteiger charge is 2.17. The van der Waals surface area contributed by atoms with Crippen molar-refractivity contribution in [2.45, 2.75) is 6.92 Å². The van der Waals surface area contributed by atoms with Crippen molar-refractivity contribution in [3.63, 3.8) is 0 Å². The Morgan fingerprint density at radius 1 is 1.40 bits per heavy atom. The van der Waals surface area contributed by atoms with E-state index in [1.165, 1.54) is 4.68 Å². The molecule has 0 aliphatic heterocycles. The SMILES string of the molecule is Cc1c(-c2n[nH]c(=S)n2N)nnn1-c1cccc(Cl)c1. The molecular formula is C11H10ClN7S. The number of benzene rings is 1. The molecule has 102 valence electrons. The van der Waals surface area contributed by atoms with E-state index in [2.05, 4.69) is 20.5 Å². The minimum Gasteiger partial charge on any atom is -0.335 e. The Balaban J connectivity index is 2.14. The van der Waals surface area contributed by atoms with Gasteiger partial charge in [-0.25, -0.2) is 14.5 Å². The van der Waals surface area contributed by atoms with E-state index in [0.717, 1.165) is 11.4 Å². The van der Waals surface area contributed by atoms with Gasteiger partial charge in [0.2, 0.25) is 10.6 Å². The molecule has 0 radical (unpaired) electrons. The Morgan fingerprint density at radius 2 is 2.20 bits per heavy atom. The zero-order valence-electron chi connectivity index (χ0n) is 10.4. The second kappa shape index (κ2) is 4.73. The summed E-state index contributed by atoms with van der Waals surface area (Å²) in [7, 11) is 0. The van der Waals surface area contributed by atoms with Crippen LogP contribution in [0.2, 0.25) is 5.02 Å². The molecule has 2 heterocycles. The number of nitrogens with two attached hydrogens (primary N) is 1. The molecule has 0 fully saturated rings. The molecule has 0 spiro atoms. The summed E-state index contributed by atoms with van der Waals surface area (Å²) < 4.78 is 3.24. The summed E-state index contributed by atoms with van der Waals surface area (Å²) in [6, 6.07) is 7.32. The van der Waals surface area contributed by atoms with Crippen LogP contribution in [-0.2, 0) is 0 Å². The first-order valence-electron chi connectivity index (χ1n) is 5.69. The Kier molecular flexibility index (Phi) is 3.03. The first-order chi connectivity index (χ1) is 9.58. The molecule has 0 atom stereocenters. The van der Waals surface area contributed by atoms with Gasteiger partial charge in [0.1, 0.15) is 0 Å². The number of nitrogens with one attached hydrogen (secondary N) is 1. The highest BCUT2D eigenvalue weighted by atomic mass is 35.5. The fraction of sp³-hybridized carbons (Fsp3) is 0.0909. The number of aromatic nitrogens is 6. The van der Waals surface area contributed by atoms with Crippen molar-refractivity contribution in [3.8, 4) is 17.2 Å². The molecule has 0 amide bonds. The molecule has 3 aromatic rings. The highest BCUT2D eigenvalue weighted by molar-refractivity contribution is 7.71. The van der Waals surface area contributed by atoms with Gasteiger partial charge >= 0.3 is 0 Å². The van der Waals surface area contributed by atoms with Gasteiger partial charge in [0, 0.05) is 5.02 Å². The van der Waals surface area contributed by atoms with Crippen LogP contribution in [-0.4, -0.2) is 29.9 Å². The first kappa shape index (κ1) is 12.8. The third kappa shape index (κ3) is 1.98. The van der Waals surface area contributed by atoms with Gasteiger partial charge in [-0.15, -0.1) is 5.10 Å². The summed E-state index contributed by atoms with van der Waals surface area (Å²) in [6.07, 6.45) is 0. The van der Waals surface area contributed by atoms with Gasteiger partial charge in [0.25, 0.3) is 0 Å². The lowest BCUT2D eigenvalue weighted by Crippen LogP contribution is -2.10. The summed E-state index contributed by atoms with van der Waals surface area (Å²) >= 11 is 11.0. The Hall–Kier alpha value is -2.19. The van der Waals surface area contributed by atoms with Gasteiger partial charge < -0.3 is 5.84 Å².